The Bertz CT molecular complexity index is 399. The molecule has 0 aromatic carbocycles. The van der Waals surface area contributed by atoms with Gasteiger partial charge >= 0.3 is 0 Å². The minimum atomic E-state index is -0.0629. The number of unbranched alkanes of at least 4 members (excludes halogenated alkanes) is 5. The summed E-state index contributed by atoms with van der Waals surface area (Å²) in [4.78, 5) is 0. The third-order valence-corrected chi connectivity index (χ3v) is 5.13. The predicted octanol–water partition coefficient (Wildman–Crippen LogP) is 5.28. The number of hydrogen-bond acceptors (Lipinski definition) is 4. The minimum absolute atomic E-state index is 0.0629. The largest absolute Gasteiger partial charge is 0.488 e. The maximum atomic E-state index is 5.87. The molecule has 0 fully saturated rings. The molecule has 0 unspecified atom stereocenters. The monoisotopic (exact) mass is 390 g/mol. The van der Waals surface area contributed by atoms with Crippen molar-refractivity contribution in [3.8, 4) is 11.5 Å². The molecule has 0 atom stereocenters. The summed E-state index contributed by atoms with van der Waals surface area (Å²) >= 11 is 5.08. The molecule has 22 heavy (non-hydrogen) atoms. The number of thiophene rings is 1. The van der Waals surface area contributed by atoms with Crippen LogP contribution in [0.2, 0.25) is 0 Å². The van der Waals surface area contributed by atoms with Crippen LogP contribution in [-0.2, 0) is 4.74 Å². The third kappa shape index (κ3) is 6.09. The van der Waals surface area contributed by atoms with E-state index in [9.17, 15) is 0 Å². The van der Waals surface area contributed by atoms with E-state index in [-0.39, 0.29) is 5.41 Å². The molecule has 1 aromatic rings. The number of rotatable bonds is 10. The second-order valence-electron chi connectivity index (χ2n) is 6.35. The van der Waals surface area contributed by atoms with E-state index >= 15 is 0 Å². The first-order chi connectivity index (χ1) is 10.7. The van der Waals surface area contributed by atoms with Gasteiger partial charge in [0.1, 0.15) is 0 Å². The van der Waals surface area contributed by atoms with Gasteiger partial charge in [-0.3, -0.25) is 0 Å². The molecule has 0 saturated carbocycles. The molecule has 1 aliphatic rings. The SMILES string of the molecule is CC1(COCCCCCCCCBr)COc2cscc2OC1. The van der Waals surface area contributed by atoms with Crippen LogP contribution in [0.25, 0.3) is 0 Å². The molecule has 2 rings (SSSR count). The Balaban J connectivity index is 1.54. The second kappa shape index (κ2) is 9.78. The van der Waals surface area contributed by atoms with E-state index in [4.69, 9.17) is 14.2 Å². The molecule has 0 saturated heterocycles. The first-order valence-electron chi connectivity index (χ1n) is 8.19. The highest BCUT2D eigenvalue weighted by Gasteiger charge is 2.31. The Morgan fingerprint density at radius 2 is 1.64 bits per heavy atom. The quantitative estimate of drug-likeness (QED) is 0.401. The van der Waals surface area contributed by atoms with Crippen molar-refractivity contribution in [2.24, 2.45) is 5.41 Å². The van der Waals surface area contributed by atoms with Crippen LogP contribution in [0.5, 0.6) is 11.5 Å². The van der Waals surface area contributed by atoms with E-state index in [1.165, 1.54) is 32.1 Å². The molecule has 0 amide bonds. The van der Waals surface area contributed by atoms with Crippen LogP contribution < -0.4 is 9.47 Å². The normalized spacial score (nSPS) is 16.5. The van der Waals surface area contributed by atoms with Gasteiger partial charge in [0.25, 0.3) is 0 Å². The molecule has 0 aliphatic carbocycles. The number of alkyl halides is 1. The maximum absolute atomic E-state index is 5.87. The third-order valence-electron chi connectivity index (χ3n) is 3.87. The van der Waals surface area contributed by atoms with E-state index in [2.05, 4.69) is 22.9 Å². The summed E-state index contributed by atoms with van der Waals surface area (Å²) in [5.74, 6) is 1.74. The van der Waals surface area contributed by atoms with Crippen LogP contribution in [0.1, 0.15) is 45.4 Å². The van der Waals surface area contributed by atoms with Gasteiger partial charge in [-0.25, -0.2) is 0 Å². The summed E-state index contributed by atoms with van der Waals surface area (Å²) < 4.78 is 17.5. The fourth-order valence-electron chi connectivity index (χ4n) is 2.44. The van der Waals surface area contributed by atoms with Crippen LogP contribution in [0.15, 0.2) is 10.8 Å². The van der Waals surface area contributed by atoms with Crippen LogP contribution in [-0.4, -0.2) is 31.8 Å². The van der Waals surface area contributed by atoms with Gasteiger partial charge in [-0.2, -0.15) is 0 Å². The molecule has 0 radical (unpaired) electrons. The zero-order valence-corrected chi connectivity index (χ0v) is 15.8. The zero-order chi connectivity index (χ0) is 15.7. The van der Waals surface area contributed by atoms with Gasteiger partial charge in [-0.05, 0) is 12.8 Å². The fourth-order valence-corrected chi connectivity index (χ4v) is 3.52. The Hall–Kier alpha value is -0.260. The Morgan fingerprint density at radius 1 is 1.05 bits per heavy atom. The molecule has 3 nitrogen and oxygen atoms in total. The summed E-state index contributed by atoms with van der Waals surface area (Å²) in [5.41, 5.74) is -0.0629. The molecule has 2 heterocycles. The molecule has 1 aliphatic heterocycles. The number of hydrogen-bond donors (Lipinski definition) is 0. The summed E-state index contributed by atoms with van der Waals surface area (Å²) in [5, 5.41) is 5.13. The number of halogens is 1. The van der Waals surface area contributed by atoms with E-state index in [1.54, 1.807) is 11.3 Å². The van der Waals surface area contributed by atoms with Crippen molar-refractivity contribution in [3.05, 3.63) is 10.8 Å². The van der Waals surface area contributed by atoms with Crippen LogP contribution in [0, 0.1) is 5.41 Å². The van der Waals surface area contributed by atoms with Crippen molar-refractivity contribution in [1.29, 1.82) is 0 Å². The van der Waals surface area contributed by atoms with Crippen molar-refractivity contribution >= 4 is 27.3 Å². The molecule has 0 spiro atoms. The Kier molecular flexibility index (Phi) is 8.04. The molecule has 0 N–H and O–H groups in total. The van der Waals surface area contributed by atoms with Gasteiger partial charge in [0.05, 0.1) is 25.2 Å². The van der Waals surface area contributed by atoms with Crippen LogP contribution >= 0.6 is 27.3 Å². The summed E-state index contributed by atoms with van der Waals surface area (Å²) in [7, 11) is 0. The van der Waals surface area contributed by atoms with E-state index < -0.39 is 0 Å². The summed E-state index contributed by atoms with van der Waals surface area (Å²) in [6, 6.07) is 0. The standard InChI is InChI=1S/C17H27BrO3S/c1-17(12-19-9-7-5-3-2-4-6-8-18)13-20-15-10-22-11-16(15)21-14-17/h10-11H,2-9,12-14H2,1H3. The highest BCUT2D eigenvalue weighted by Crippen LogP contribution is 2.36. The topological polar surface area (TPSA) is 27.7 Å². The average molecular weight is 391 g/mol. The first-order valence-corrected chi connectivity index (χ1v) is 10.3. The predicted molar refractivity (Wildman–Crippen MR) is 95.7 cm³/mol. The first kappa shape index (κ1) is 18.1. The fraction of sp³-hybridized carbons (Fsp3) is 0.765. The van der Waals surface area contributed by atoms with Gasteiger partial charge in [-0.1, -0.05) is 48.5 Å². The zero-order valence-electron chi connectivity index (χ0n) is 13.4. The lowest BCUT2D eigenvalue weighted by molar-refractivity contribution is 0.00556. The lowest BCUT2D eigenvalue weighted by atomic mass is 9.94. The van der Waals surface area contributed by atoms with Crippen molar-refractivity contribution in [1.82, 2.24) is 0 Å². The van der Waals surface area contributed by atoms with E-state index in [0.29, 0.717) is 19.8 Å². The Labute approximate surface area is 146 Å². The molecule has 1 aromatic heterocycles. The van der Waals surface area contributed by atoms with Crippen LogP contribution in [0.4, 0.5) is 0 Å². The summed E-state index contributed by atoms with van der Waals surface area (Å²) in [6.07, 6.45) is 7.71. The van der Waals surface area contributed by atoms with E-state index in [1.807, 2.05) is 10.8 Å². The summed E-state index contributed by atoms with van der Waals surface area (Å²) in [6.45, 7) is 5.02. The van der Waals surface area contributed by atoms with Gasteiger partial charge in [0, 0.05) is 22.7 Å². The lowest BCUT2D eigenvalue weighted by Crippen LogP contribution is -2.35. The second-order valence-corrected chi connectivity index (χ2v) is 7.89. The van der Waals surface area contributed by atoms with Crippen molar-refractivity contribution < 1.29 is 14.2 Å². The van der Waals surface area contributed by atoms with Gasteiger partial charge < -0.3 is 14.2 Å². The number of ether oxygens (including phenoxy) is 3. The smallest absolute Gasteiger partial charge is 0.171 e. The molecule has 126 valence electrons. The van der Waals surface area contributed by atoms with Crippen LogP contribution in [0.3, 0.4) is 0 Å². The highest BCUT2D eigenvalue weighted by molar-refractivity contribution is 9.09. The maximum Gasteiger partial charge on any atom is 0.171 e. The Morgan fingerprint density at radius 3 is 2.27 bits per heavy atom. The average Bonchev–Trinajstić information content (AvgIpc) is 2.91. The molecular weight excluding hydrogens is 364 g/mol. The van der Waals surface area contributed by atoms with E-state index in [0.717, 1.165) is 29.9 Å². The van der Waals surface area contributed by atoms with Crippen molar-refractivity contribution in [3.63, 3.8) is 0 Å². The van der Waals surface area contributed by atoms with Crippen molar-refractivity contribution in [2.75, 3.05) is 31.8 Å². The van der Waals surface area contributed by atoms with Gasteiger partial charge in [0.15, 0.2) is 11.5 Å². The lowest BCUT2D eigenvalue weighted by Gasteiger charge is -2.26. The van der Waals surface area contributed by atoms with Crippen molar-refractivity contribution in [2.45, 2.75) is 45.4 Å². The molecular formula is C17H27BrO3S. The van der Waals surface area contributed by atoms with Gasteiger partial charge in [-0.15, -0.1) is 11.3 Å². The highest BCUT2D eigenvalue weighted by atomic mass is 79.9. The number of fused-ring (bicyclic) bond motifs is 1. The van der Waals surface area contributed by atoms with Gasteiger partial charge in [0.2, 0.25) is 0 Å². The molecule has 5 heteroatoms. The molecule has 0 bridgehead atoms. The minimum Gasteiger partial charge on any atom is -0.488 e.